The van der Waals surface area contributed by atoms with Crippen molar-refractivity contribution in [3.8, 4) is 0 Å². The van der Waals surface area contributed by atoms with Crippen LogP contribution in [0.3, 0.4) is 0 Å². The van der Waals surface area contributed by atoms with Gasteiger partial charge in [0.2, 0.25) is 0 Å². The van der Waals surface area contributed by atoms with Gasteiger partial charge in [-0.05, 0) is 38.3 Å². The highest BCUT2D eigenvalue weighted by atomic mass is 32.1. The Morgan fingerprint density at radius 1 is 1.19 bits per heavy atom. The van der Waals surface area contributed by atoms with Gasteiger partial charge in [0.1, 0.15) is 0 Å². The molecule has 0 bridgehead atoms. The van der Waals surface area contributed by atoms with Crippen molar-refractivity contribution in [2.75, 3.05) is 7.05 Å². The van der Waals surface area contributed by atoms with Gasteiger partial charge in [0, 0.05) is 16.5 Å². The van der Waals surface area contributed by atoms with E-state index in [0.29, 0.717) is 6.04 Å². The van der Waals surface area contributed by atoms with E-state index in [1.165, 1.54) is 4.88 Å². The summed E-state index contributed by atoms with van der Waals surface area (Å²) in [5, 5.41) is 2.11. The lowest BCUT2D eigenvalue weighted by Crippen LogP contribution is -2.44. The lowest BCUT2D eigenvalue weighted by molar-refractivity contribution is 0.0797. The van der Waals surface area contributed by atoms with Crippen molar-refractivity contribution in [3.05, 3.63) is 58.3 Å². The number of benzene rings is 1. The monoisotopic (exact) mass is 301 g/mol. The Morgan fingerprint density at radius 2 is 1.90 bits per heavy atom. The molecule has 0 aliphatic heterocycles. The summed E-state index contributed by atoms with van der Waals surface area (Å²) in [6.07, 6.45) is 1.83. The molecule has 0 N–H and O–H groups in total. The second-order valence-corrected chi connectivity index (χ2v) is 6.48. The molecule has 0 amide bonds. The SMILES string of the molecule is CCC(C(=O)c1ccccc1)N(C)C(C)Cc1cccs1. The summed E-state index contributed by atoms with van der Waals surface area (Å²) in [7, 11) is 2.06. The molecule has 1 aromatic carbocycles. The standard InChI is InChI=1S/C18H23NOS/c1-4-17(18(20)15-9-6-5-7-10-15)19(3)14(2)13-16-11-8-12-21-16/h5-12,14,17H,4,13H2,1-3H3. The fourth-order valence-electron chi connectivity index (χ4n) is 2.62. The highest BCUT2D eigenvalue weighted by Gasteiger charge is 2.25. The zero-order valence-electron chi connectivity index (χ0n) is 13.0. The fourth-order valence-corrected chi connectivity index (χ4v) is 3.45. The topological polar surface area (TPSA) is 20.3 Å². The van der Waals surface area contributed by atoms with Crippen LogP contribution >= 0.6 is 11.3 Å². The summed E-state index contributed by atoms with van der Waals surface area (Å²) >= 11 is 1.78. The van der Waals surface area contributed by atoms with Gasteiger partial charge in [0.15, 0.2) is 5.78 Å². The average molecular weight is 301 g/mol. The highest BCUT2D eigenvalue weighted by molar-refractivity contribution is 7.09. The van der Waals surface area contributed by atoms with Crippen molar-refractivity contribution in [1.29, 1.82) is 0 Å². The van der Waals surface area contributed by atoms with E-state index in [1.807, 2.05) is 30.3 Å². The molecule has 2 unspecified atom stereocenters. The second kappa shape index (κ2) is 7.53. The van der Waals surface area contributed by atoms with Crippen molar-refractivity contribution in [3.63, 3.8) is 0 Å². The molecule has 0 aliphatic carbocycles. The molecule has 0 spiro atoms. The van der Waals surface area contributed by atoms with E-state index in [-0.39, 0.29) is 11.8 Å². The van der Waals surface area contributed by atoms with Crippen molar-refractivity contribution >= 4 is 17.1 Å². The number of nitrogens with zero attached hydrogens (tertiary/aromatic N) is 1. The van der Waals surface area contributed by atoms with Gasteiger partial charge in [-0.1, -0.05) is 43.3 Å². The third-order valence-corrected chi connectivity index (χ3v) is 4.91. The van der Waals surface area contributed by atoms with E-state index < -0.39 is 0 Å². The third-order valence-electron chi connectivity index (χ3n) is 4.01. The number of ketones is 1. The summed E-state index contributed by atoms with van der Waals surface area (Å²) < 4.78 is 0. The Labute approximate surface area is 131 Å². The number of likely N-dealkylation sites (N-methyl/N-ethyl adjacent to an activating group) is 1. The van der Waals surface area contributed by atoms with Gasteiger partial charge in [-0.15, -0.1) is 11.3 Å². The summed E-state index contributed by atoms with van der Waals surface area (Å²) in [5.41, 5.74) is 0.805. The molecule has 2 atom stereocenters. The first-order valence-corrected chi connectivity index (χ1v) is 8.35. The molecule has 0 fully saturated rings. The molecule has 21 heavy (non-hydrogen) atoms. The van der Waals surface area contributed by atoms with E-state index in [1.54, 1.807) is 11.3 Å². The van der Waals surface area contributed by atoms with Gasteiger partial charge in [0.05, 0.1) is 6.04 Å². The van der Waals surface area contributed by atoms with Gasteiger partial charge < -0.3 is 0 Å². The van der Waals surface area contributed by atoms with Crippen LogP contribution < -0.4 is 0 Å². The number of rotatable bonds is 7. The minimum absolute atomic E-state index is 0.0534. The first-order chi connectivity index (χ1) is 10.1. The molecule has 1 heterocycles. The van der Waals surface area contributed by atoms with Crippen LogP contribution in [0.25, 0.3) is 0 Å². The lowest BCUT2D eigenvalue weighted by Gasteiger charge is -2.31. The maximum atomic E-state index is 12.7. The molecular formula is C18H23NOS. The van der Waals surface area contributed by atoms with Crippen LogP contribution in [0.2, 0.25) is 0 Å². The van der Waals surface area contributed by atoms with Crippen LogP contribution in [0.5, 0.6) is 0 Å². The Bertz CT molecular complexity index is 550. The second-order valence-electron chi connectivity index (χ2n) is 5.45. The van der Waals surface area contributed by atoms with Crippen LogP contribution in [0.1, 0.15) is 35.5 Å². The van der Waals surface area contributed by atoms with Crippen molar-refractivity contribution < 1.29 is 4.79 Å². The fraction of sp³-hybridized carbons (Fsp3) is 0.389. The number of carbonyl (C=O) groups is 1. The molecule has 0 saturated carbocycles. The molecule has 112 valence electrons. The molecule has 2 aromatic rings. The Morgan fingerprint density at radius 3 is 2.48 bits per heavy atom. The quantitative estimate of drug-likeness (QED) is 0.712. The molecule has 0 saturated heterocycles. The zero-order chi connectivity index (χ0) is 15.2. The van der Waals surface area contributed by atoms with Crippen molar-refractivity contribution in [2.24, 2.45) is 0 Å². The molecule has 2 rings (SSSR count). The van der Waals surface area contributed by atoms with E-state index in [0.717, 1.165) is 18.4 Å². The lowest BCUT2D eigenvalue weighted by atomic mass is 9.99. The van der Waals surface area contributed by atoms with Crippen LogP contribution in [-0.4, -0.2) is 29.8 Å². The van der Waals surface area contributed by atoms with Gasteiger partial charge in [-0.3, -0.25) is 9.69 Å². The third kappa shape index (κ3) is 4.02. The Kier molecular flexibility index (Phi) is 5.71. The summed E-state index contributed by atoms with van der Waals surface area (Å²) in [6, 6.07) is 14.1. The molecule has 3 heteroatoms. The highest BCUT2D eigenvalue weighted by Crippen LogP contribution is 2.18. The van der Waals surface area contributed by atoms with E-state index in [2.05, 4.69) is 43.3 Å². The van der Waals surface area contributed by atoms with Gasteiger partial charge in [-0.2, -0.15) is 0 Å². The first kappa shape index (κ1) is 15.9. The van der Waals surface area contributed by atoms with Crippen LogP contribution in [-0.2, 0) is 6.42 Å². The average Bonchev–Trinajstić information content (AvgIpc) is 3.01. The minimum Gasteiger partial charge on any atom is -0.293 e. The van der Waals surface area contributed by atoms with Gasteiger partial charge in [-0.25, -0.2) is 0 Å². The Hall–Kier alpha value is -1.45. The summed E-state index contributed by atoms with van der Waals surface area (Å²) in [6.45, 7) is 4.28. The molecule has 1 aromatic heterocycles. The molecular weight excluding hydrogens is 278 g/mol. The number of carbonyl (C=O) groups excluding carboxylic acids is 1. The maximum absolute atomic E-state index is 12.7. The summed E-state index contributed by atoms with van der Waals surface area (Å²) in [5.74, 6) is 0.221. The zero-order valence-corrected chi connectivity index (χ0v) is 13.8. The summed E-state index contributed by atoms with van der Waals surface area (Å²) in [4.78, 5) is 16.3. The van der Waals surface area contributed by atoms with Gasteiger partial charge in [0.25, 0.3) is 0 Å². The predicted molar refractivity (Wildman–Crippen MR) is 90.1 cm³/mol. The Balaban J connectivity index is 2.07. The van der Waals surface area contributed by atoms with Gasteiger partial charge >= 0.3 is 0 Å². The number of hydrogen-bond acceptors (Lipinski definition) is 3. The van der Waals surface area contributed by atoms with E-state index >= 15 is 0 Å². The normalized spacial score (nSPS) is 14.1. The predicted octanol–water partition coefficient (Wildman–Crippen LogP) is 4.27. The number of Topliss-reactive ketones (excluding diaryl/α,β-unsaturated/α-hetero) is 1. The molecule has 0 aliphatic rings. The van der Waals surface area contributed by atoms with Crippen molar-refractivity contribution in [2.45, 2.75) is 38.8 Å². The smallest absolute Gasteiger partial charge is 0.179 e. The number of hydrogen-bond donors (Lipinski definition) is 0. The van der Waals surface area contributed by atoms with Crippen molar-refractivity contribution in [1.82, 2.24) is 4.90 Å². The molecule has 0 radical (unpaired) electrons. The number of thiophene rings is 1. The van der Waals surface area contributed by atoms with Crippen LogP contribution in [0.15, 0.2) is 47.8 Å². The largest absolute Gasteiger partial charge is 0.293 e. The van der Waals surface area contributed by atoms with E-state index in [9.17, 15) is 4.79 Å². The maximum Gasteiger partial charge on any atom is 0.179 e. The van der Waals surface area contributed by atoms with Crippen LogP contribution in [0, 0.1) is 0 Å². The van der Waals surface area contributed by atoms with Crippen LogP contribution in [0.4, 0.5) is 0 Å². The minimum atomic E-state index is -0.0534. The van der Waals surface area contributed by atoms with E-state index in [4.69, 9.17) is 0 Å². The first-order valence-electron chi connectivity index (χ1n) is 7.47. The molecule has 2 nitrogen and oxygen atoms in total.